The van der Waals surface area contributed by atoms with Gasteiger partial charge in [0, 0.05) is 17.0 Å². The van der Waals surface area contributed by atoms with Crippen molar-refractivity contribution in [2.45, 2.75) is 62.9 Å². The zero-order chi connectivity index (χ0) is 10.4. The Morgan fingerprint density at radius 2 is 1.93 bits per heavy atom. The van der Waals surface area contributed by atoms with Gasteiger partial charge in [-0.25, -0.2) is 0 Å². The standard InChI is InChI=1S/C12H25NS/c1-3-10(2)12(9-13)14-11-7-5-4-6-8-11/h10-12H,3-9,13H2,1-2H3. The Bertz CT molecular complexity index is 143. The first-order valence-electron chi connectivity index (χ1n) is 6.13. The van der Waals surface area contributed by atoms with E-state index in [0.717, 1.165) is 17.7 Å². The van der Waals surface area contributed by atoms with Crippen molar-refractivity contribution in [1.29, 1.82) is 0 Å². The van der Waals surface area contributed by atoms with E-state index in [9.17, 15) is 0 Å². The van der Waals surface area contributed by atoms with Crippen molar-refractivity contribution in [3.8, 4) is 0 Å². The summed E-state index contributed by atoms with van der Waals surface area (Å²) in [4.78, 5) is 0. The van der Waals surface area contributed by atoms with Gasteiger partial charge in [-0.05, 0) is 18.8 Å². The van der Waals surface area contributed by atoms with Gasteiger partial charge >= 0.3 is 0 Å². The van der Waals surface area contributed by atoms with Crippen LogP contribution < -0.4 is 5.73 Å². The molecule has 0 saturated heterocycles. The fraction of sp³-hybridized carbons (Fsp3) is 1.00. The first-order chi connectivity index (χ1) is 6.77. The van der Waals surface area contributed by atoms with Crippen molar-refractivity contribution in [3.05, 3.63) is 0 Å². The topological polar surface area (TPSA) is 26.0 Å². The van der Waals surface area contributed by atoms with E-state index in [4.69, 9.17) is 5.73 Å². The van der Waals surface area contributed by atoms with Crippen molar-refractivity contribution in [3.63, 3.8) is 0 Å². The smallest absolute Gasteiger partial charge is 0.0198 e. The number of hydrogen-bond acceptors (Lipinski definition) is 2. The Kier molecular flexibility index (Phi) is 5.95. The third-order valence-corrected chi connectivity index (χ3v) is 5.29. The molecule has 0 aromatic heterocycles. The minimum atomic E-state index is 0.697. The Hall–Kier alpha value is 0.310. The van der Waals surface area contributed by atoms with Crippen LogP contribution in [-0.2, 0) is 0 Å². The molecule has 14 heavy (non-hydrogen) atoms. The van der Waals surface area contributed by atoms with E-state index in [1.54, 1.807) is 0 Å². The summed E-state index contributed by atoms with van der Waals surface area (Å²) in [7, 11) is 0. The summed E-state index contributed by atoms with van der Waals surface area (Å²) in [5.74, 6) is 0.784. The largest absolute Gasteiger partial charge is 0.329 e. The molecular formula is C12H25NS. The monoisotopic (exact) mass is 215 g/mol. The molecule has 84 valence electrons. The second kappa shape index (κ2) is 6.73. The molecule has 2 unspecified atom stereocenters. The molecule has 1 aliphatic rings. The lowest BCUT2D eigenvalue weighted by atomic mass is 10.0. The summed E-state index contributed by atoms with van der Waals surface area (Å²) in [6, 6.07) is 0. The van der Waals surface area contributed by atoms with Crippen LogP contribution in [0.4, 0.5) is 0 Å². The van der Waals surface area contributed by atoms with Gasteiger partial charge in [0.05, 0.1) is 0 Å². The number of hydrogen-bond donors (Lipinski definition) is 1. The molecule has 1 fully saturated rings. The van der Waals surface area contributed by atoms with Gasteiger partial charge in [0.1, 0.15) is 0 Å². The highest BCUT2D eigenvalue weighted by molar-refractivity contribution is 8.00. The lowest BCUT2D eigenvalue weighted by Gasteiger charge is -2.28. The lowest BCUT2D eigenvalue weighted by molar-refractivity contribution is 0.501. The summed E-state index contributed by atoms with van der Waals surface area (Å²) < 4.78 is 0. The van der Waals surface area contributed by atoms with Crippen LogP contribution in [0.2, 0.25) is 0 Å². The summed E-state index contributed by atoms with van der Waals surface area (Å²) in [6.07, 6.45) is 8.45. The third kappa shape index (κ3) is 3.82. The molecule has 1 nitrogen and oxygen atoms in total. The first kappa shape index (κ1) is 12.4. The van der Waals surface area contributed by atoms with Crippen molar-refractivity contribution < 1.29 is 0 Å². The first-order valence-corrected chi connectivity index (χ1v) is 7.07. The molecule has 2 N–H and O–H groups in total. The molecule has 0 heterocycles. The van der Waals surface area contributed by atoms with Gasteiger partial charge in [-0.1, -0.05) is 39.5 Å². The van der Waals surface area contributed by atoms with Crippen molar-refractivity contribution in [1.82, 2.24) is 0 Å². The van der Waals surface area contributed by atoms with E-state index in [-0.39, 0.29) is 0 Å². The molecule has 0 aromatic carbocycles. The van der Waals surface area contributed by atoms with E-state index < -0.39 is 0 Å². The highest BCUT2D eigenvalue weighted by Gasteiger charge is 2.21. The maximum absolute atomic E-state index is 5.85. The Morgan fingerprint density at radius 3 is 2.43 bits per heavy atom. The van der Waals surface area contributed by atoms with E-state index in [0.29, 0.717) is 5.25 Å². The van der Waals surface area contributed by atoms with Crippen LogP contribution in [-0.4, -0.2) is 17.0 Å². The third-order valence-electron chi connectivity index (χ3n) is 3.43. The predicted molar refractivity (Wildman–Crippen MR) is 66.8 cm³/mol. The maximum Gasteiger partial charge on any atom is 0.0198 e. The number of nitrogens with two attached hydrogens (primary N) is 1. The van der Waals surface area contributed by atoms with Gasteiger partial charge in [-0.2, -0.15) is 11.8 Å². The predicted octanol–water partition coefficient (Wildman–Crippen LogP) is 3.43. The number of rotatable bonds is 5. The fourth-order valence-electron chi connectivity index (χ4n) is 2.13. The van der Waals surface area contributed by atoms with Gasteiger partial charge in [0.25, 0.3) is 0 Å². The van der Waals surface area contributed by atoms with Crippen LogP contribution in [0.3, 0.4) is 0 Å². The van der Waals surface area contributed by atoms with E-state index >= 15 is 0 Å². The second-order valence-corrected chi connectivity index (χ2v) is 6.10. The zero-order valence-corrected chi connectivity index (χ0v) is 10.5. The van der Waals surface area contributed by atoms with Gasteiger partial charge in [-0.15, -0.1) is 0 Å². The summed E-state index contributed by atoms with van der Waals surface area (Å²) in [5, 5.41) is 1.61. The van der Waals surface area contributed by atoms with Crippen LogP contribution in [0.25, 0.3) is 0 Å². The van der Waals surface area contributed by atoms with Crippen LogP contribution >= 0.6 is 11.8 Å². The molecule has 0 radical (unpaired) electrons. The normalized spacial score (nSPS) is 23.4. The minimum Gasteiger partial charge on any atom is -0.329 e. The summed E-state index contributed by atoms with van der Waals surface area (Å²) >= 11 is 2.17. The Balaban J connectivity index is 2.30. The van der Waals surface area contributed by atoms with Gasteiger partial charge in [-0.3, -0.25) is 0 Å². The SMILES string of the molecule is CCC(C)C(CN)SC1CCCCC1. The summed E-state index contributed by atoms with van der Waals surface area (Å²) in [5.41, 5.74) is 5.85. The fourth-order valence-corrected chi connectivity index (χ4v) is 3.80. The molecule has 1 aliphatic carbocycles. The van der Waals surface area contributed by atoms with Crippen LogP contribution in [0.5, 0.6) is 0 Å². The van der Waals surface area contributed by atoms with Gasteiger partial charge < -0.3 is 5.73 Å². The lowest BCUT2D eigenvalue weighted by Crippen LogP contribution is -2.27. The Labute approximate surface area is 93.2 Å². The molecule has 0 aromatic rings. The molecule has 0 spiro atoms. The van der Waals surface area contributed by atoms with Gasteiger partial charge in [0.15, 0.2) is 0 Å². The highest BCUT2D eigenvalue weighted by atomic mass is 32.2. The zero-order valence-electron chi connectivity index (χ0n) is 9.67. The molecule has 2 atom stereocenters. The minimum absolute atomic E-state index is 0.697. The number of thioether (sulfide) groups is 1. The molecule has 0 aliphatic heterocycles. The van der Waals surface area contributed by atoms with Crippen molar-refractivity contribution in [2.24, 2.45) is 11.7 Å². The van der Waals surface area contributed by atoms with Gasteiger partial charge in [0.2, 0.25) is 0 Å². The average molecular weight is 215 g/mol. The molecule has 1 saturated carbocycles. The van der Waals surface area contributed by atoms with Crippen LogP contribution in [0, 0.1) is 5.92 Å². The van der Waals surface area contributed by atoms with E-state index in [1.165, 1.54) is 38.5 Å². The molecule has 0 amide bonds. The summed E-state index contributed by atoms with van der Waals surface area (Å²) in [6.45, 7) is 5.47. The van der Waals surface area contributed by atoms with Crippen LogP contribution in [0.15, 0.2) is 0 Å². The second-order valence-electron chi connectivity index (χ2n) is 4.56. The molecule has 1 rings (SSSR count). The van der Waals surface area contributed by atoms with E-state index in [2.05, 4.69) is 25.6 Å². The highest BCUT2D eigenvalue weighted by Crippen LogP contribution is 2.33. The molecule has 0 bridgehead atoms. The maximum atomic E-state index is 5.85. The van der Waals surface area contributed by atoms with Crippen molar-refractivity contribution in [2.75, 3.05) is 6.54 Å². The Morgan fingerprint density at radius 1 is 1.29 bits per heavy atom. The molecule has 2 heteroatoms. The molecular weight excluding hydrogens is 190 g/mol. The average Bonchev–Trinajstić information content (AvgIpc) is 2.26. The van der Waals surface area contributed by atoms with E-state index in [1.807, 2.05) is 0 Å². The van der Waals surface area contributed by atoms with Crippen molar-refractivity contribution >= 4 is 11.8 Å². The van der Waals surface area contributed by atoms with Crippen LogP contribution in [0.1, 0.15) is 52.4 Å². The quantitative estimate of drug-likeness (QED) is 0.760.